The first-order valence-corrected chi connectivity index (χ1v) is 9.40. The van der Waals surface area contributed by atoms with Gasteiger partial charge in [0.25, 0.3) is 0 Å². The maximum atomic E-state index is 10.7. The molecule has 1 atom stereocenters. The molecular weight excluding hydrogens is 356 g/mol. The number of aromatic hydroxyl groups is 1. The highest BCUT2D eigenvalue weighted by atomic mass is 79.9. The molecular formula is C18H27BrN2O2. The third-order valence-corrected chi connectivity index (χ3v) is 6.48. The van der Waals surface area contributed by atoms with Crippen LogP contribution in [0.25, 0.3) is 0 Å². The first-order valence-electron chi connectivity index (χ1n) is 8.60. The number of nitrogens with zero attached hydrogens (tertiary/aromatic N) is 1. The summed E-state index contributed by atoms with van der Waals surface area (Å²) in [6, 6.07) is 2.18. The number of nitrogens with one attached hydrogen (secondary N) is 1. The van der Waals surface area contributed by atoms with E-state index in [1.54, 1.807) is 0 Å². The number of aryl methyl sites for hydroxylation is 1. The quantitative estimate of drug-likeness (QED) is 0.842. The largest absolute Gasteiger partial charge is 0.508 e. The van der Waals surface area contributed by atoms with Gasteiger partial charge in [-0.3, -0.25) is 4.90 Å². The Labute approximate surface area is 147 Å². The van der Waals surface area contributed by atoms with Gasteiger partial charge < -0.3 is 15.2 Å². The van der Waals surface area contributed by atoms with Gasteiger partial charge in [0.15, 0.2) is 0 Å². The van der Waals surface area contributed by atoms with Crippen LogP contribution in [0.4, 0.5) is 0 Å². The maximum Gasteiger partial charge on any atom is 0.120 e. The number of phenols is 1. The molecule has 0 aromatic heterocycles. The molecule has 1 aromatic carbocycles. The Bertz CT molecular complexity index is 534. The zero-order valence-corrected chi connectivity index (χ0v) is 15.7. The third kappa shape index (κ3) is 3.58. The van der Waals surface area contributed by atoms with Gasteiger partial charge >= 0.3 is 0 Å². The second kappa shape index (κ2) is 7.51. The van der Waals surface area contributed by atoms with E-state index in [-0.39, 0.29) is 6.04 Å². The van der Waals surface area contributed by atoms with Gasteiger partial charge in [0.05, 0.1) is 0 Å². The summed E-state index contributed by atoms with van der Waals surface area (Å²) >= 11 is 3.71. The topological polar surface area (TPSA) is 44.7 Å². The Morgan fingerprint density at radius 3 is 2.57 bits per heavy atom. The molecule has 0 aliphatic carbocycles. The van der Waals surface area contributed by atoms with Crippen LogP contribution in [0.3, 0.4) is 0 Å². The highest BCUT2D eigenvalue weighted by Crippen LogP contribution is 2.43. The number of halogens is 1. The van der Waals surface area contributed by atoms with Crippen molar-refractivity contribution in [3.8, 4) is 5.75 Å². The van der Waals surface area contributed by atoms with Crippen molar-refractivity contribution in [2.45, 2.75) is 32.7 Å². The van der Waals surface area contributed by atoms with Gasteiger partial charge in [0, 0.05) is 55.5 Å². The van der Waals surface area contributed by atoms with Crippen LogP contribution in [-0.4, -0.2) is 49.4 Å². The highest BCUT2D eigenvalue weighted by molar-refractivity contribution is 9.10. The number of hydrogen-bond acceptors (Lipinski definition) is 4. The summed E-state index contributed by atoms with van der Waals surface area (Å²) in [6.07, 6.45) is 2.14. The van der Waals surface area contributed by atoms with Crippen LogP contribution < -0.4 is 5.32 Å². The van der Waals surface area contributed by atoms with Gasteiger partial charge in [-0.15, -0.1) is 0 Å². The summed E-state index contributed by atoms with van der Waals surface area (Å²) in [4.78, 5) is 2.55. The molecule has 5 heteroatoms. The smallest absolute Gasteiger partial charge is 0.120 e. The van der Waals surface area contributed by atoms with Crippen molar-refractivity contribution in [3.63, 3.8) is 0 Å². The van der Waals surface area contributed by atoms with E-state index >= 15 is 0 Å². The molecule has 0 amide bonds. The molecule has 2 heterocycles. The van der Waals surface area contributed by atoms with Gasteiger partial charge in [-0.1, -0.05) is 15.9 Å². The molecule has 0 radical (unpaired) electrons. The van der Waals surface area contributed by atoms with Crippen molar-refractivity contribution < 1.29 is 9.84 Å². The highest BCUT2D eigenvalue weighted by Gasteiger charge is 2.34. The molecule has 2 fully saturated rings. The molecule has 2 saturated heterocycles. The minimum absolute atomic E-state index is 0.276. The molecule has 0 unspecified atom stereocenters. The summed E-state index contributed by atoms with van der Waals surface area (Å²) in [5, 5.41) is 14.2. The lowest BCUT2D eigenvalue weighted by Crippen LogP contribution is -2.47. The fourth-order valence-electron chi connectivity index (χ4n) is 4.03. The fraction of sp³-hybridized carbons (Fsp3) is 0.667. The van der Waals surface area contributed by atoms with E-state index < -0.39 is 0 Å². The molecule has 3 rings (SSSR count). The number of rotatable bonds is 3. The van der Waals surface area contributed by atoms with Crippen molar-refractivity contribution >= 4 is 15.9 Å². The monoisotopic (exact) mass is 382 g/mol. The van der Waals surface area contributed by atoms with E-state index in [2.05, 4.69) is 33.1 Å². The van der Waals surface area contributed by atoms with Crippen LogP contribution in [0.2, 0.25) is 0 Å². The Hall–Kier alpha value is -0.620. The standard InChI is InChI=1S/C18H27BrN2O2/c1-12-11-15(22)16(13(2)17(12)19)18(14-3-9-23-10-4-14)21-7-5-20-6-8-21/h11,14,18,20,22H,3-10H2,1-2H3/t18-/m0/s1. The second-order valence-corrected chi connectivity index (χ2v) is 7.54. The van der Waals surface area contributed by atoms with Crippen LogP contribution in [0, 0.1) is 19.8 Å². The predicted molar refractivity (Wildman–Crippen MR) is 96.0 cm³/mol. The molecule has 0 bridgehead atoms. The summed E-state index contributed by atoms with van der Waals surface area (Å²) in [5.41, 5.74) is 3.38. The fourth-order valence-corrected chi connectivity index (χ4v) is 4.36. The normalized spacial score (nSPS) is 22.2. The van der Waals surface area contributed by atoms with Crippen LogP contribution in [0.15, 0.2) is 10.5 Å². The van der Waals surface area contributed by atoms with Crippen LogP contribution >= 0.6 is 15.9 Å². The van der Waals surface area contributed by atoms with Crippen molar-refractivity contribution in [3.05, 3.63) is 27.2 Å². The van der Waals surface area contributed by atoms with E-state index in [1.165, 1.54) is 5.56 Å². The first kappa shape index (κ1) is 17.2. The molecule has 0 saturated carbocycles. The minimum Gasteiger partial charge on any atom is -0.508 e. The lowest BCUT2D eigenvalue weighted by Gasteiger charge is -2.42. The number of phenolic OH excluding ortho intramolecular Hbond substituents is 1. The number of hydrogen-bond donors (Lipinski definition) is 2. The van der Waals surface area contributed by atoms with Crippen molar-refractivity contribution in [1.82, 2.24) is 10.2 Å². The van der Waals surface area contributed by atoms with E-state index in [0.29, 0.717) is 11.7 Å². The molecule has 1 aromatic rings. The Morgan fingerprint density at radius 2 is 1.91 bits per heavy atom. The Balaban J connectivity index is 2.02. The second-order valence-electron chi connectivity index (χ2n) is 6.75. The average molecular weight is 383 g/mol. The van der Waals surface area contributed by atoms with Gasteiger partial charge in [-0.05, 0) is 49.8 Å². The van der Waals surface area contributed by atoms with Gasteiger partial charge in [-0.2, -0.15) is 0 Å². The molecule has 2 N–H and O–H groups in total. The molecule has 0 spiro atoms. The molecule has 4 nitrogen and oxygen atoms in total. The van der Waals surface area contributed by atoms with Gasteiger partial charge in [0.2, 0.25) is 0 Å². The average Bonchev–Trinajstić information content (AvgIpc) is 2.58. The van der Waals surface area contributed by atoms with Crippen LogP contribution in [-0.2, 0) is 4.74 Å². The number of benzene rings is 1. The molecule has 128 valence electrons. The van der Waals surface area contributed by atoms with Crippen molar-refractivity contribution in [1.29, 1.82) is 0 Å². The maximum absolute atomic E-state index is 10.7. The summed E-state index contributed by atoms with van der Waals surface area (Å²) < 4.78 is 6.70. The summed E-state index contributed by atoms with van der Waals surface area (Å²) in [7, 11) is 0. The zero-order valence-electron chi connectivity index (χ0n) is 14.1. The predicted octanol–water partition coefficient (Wildman–Crippen LogP) is 3.14. The van der Waals surface area contributed by atoms with Crippen molar-refractivity contribution in [2.24, 2.45) is 5.92 Å². The van der Waals surface area contributed by atoms with Gasteiger partial charge in [-0.25, -0.2) is 0 Å². The SMILES string of the molecule is Cc1cc(O)c([C@H](C2CCOCC2)N2CCNCC2)c(C)c1Br. The molecule has 2 aliphatic rings. The van der Waals surface area contributed by atoms with E-state index in [4.69, 9.17) is 4.74 Å². The van der Waals surface area contributed by atoms with Gasteiger partial charge in [0.1, 0.15) is 5.75 Å². The van der Waals surface area contributed by atoms with E-state index in [1.807, 2.05) is 13.0 Å². The van der Waals surface area contributed by atoms with Crippen LogP contribution in [0.5, 0.6) is 5.75 Å². The van der Waals surface area contributed by atoms with E-state index in [9.17, 15) is 5.11 Å². The van der Waals surface area contributed by atoms with Crippen LogP contribution in [0.1, 0.15) is 35.6 Å². The summed E-state index contributed by atoms with van der Waals surface area (Å²) in [6.45, 7) is 9.94. The Morgan fingerprint density at radius 1 is 1.26 bits per heavy atom. The lowest BCUT2D eigenvalue weighted by molar-refractivity contribution is 0.0204. The minimum atomic E-state index is 0.276. The van der Waals surface area contributed by atoms with Crippen molar-refractivity contribution in [2.75, 3.05) is 39.4 Å². The third-order valence-electron chi connectivity index (χ3n) is 5.26. The lowest BCUT2D eigenvalue weighted by atomic mass is 9.83. The van der Waals surface area contributed by atoms with E-state index in [0.717, 1.165) is 67.8 Å². The number of piperazine rings is 1. The summed E-state index contributed by atoms with van der Waals surface area (Å²) in [5.74, 6) is 0.985. The molecule has 2 aliphatic heterocycles. The zero-order chi connectivity index (χ0) is 16.4. The Kier molecular flexibility index (Phi) is 5.62. The first-order chi connectivity index (χ1) is 11.1. The molecule has 23 heavy (non-hydrogen) atoms. The number of ether oxygens (including phenoxy) is 1.